The minimum atomic E-state index is -1.25. The summed E-state index contributed by atoms with van der Waals surface area (Å²) < 4.78 is 26.8. The molecule has 0 saturated carbocycles. The van der Waals surface area contributed by atoms with Crippen molar-refractivity contribution in [1.29, 1.82) is 0 Å². The van der Waals surface area contributed by atoms with Crippen LogP contribution in [-0.2, 0) is 11.2 Å². The van der Waals surface area contributed by atoms with Crippen molar-refractivity contribution >= 4 is 29.3 Å². The summed E-state index contributed by atoms with van der Waals surface area (Å²) in [6.45, 7) is 6.80. The zero-order valence-electron chi connectivity index (χ0n) is 22.4. The quantitative estimate of drug-likeness (QED) is 0.291. The fourth-order valence-corrected chi connectivity index (χ4v) is 4.90. The Balaban J connectivity index is 1.64. The number of hydrogen-bond acceptors (Lipinski definition) is 9. The van der Waals surface area contributed by atoms with Gasteiger partial charge in [-0.15, -0.1) is 0 Å². The molecule has 2 amide bonds. The highest BCUT2D eigenvalue weighted by atomic mass is 19.1. The molecule has 214 valence electrons. The summed E-state index contributed by atoms with van der Waals surface area (Å²) in [5.41, 5.74) is 5.37. The second-order valence-electron chi connectivity index (χ2n) is 10.4. The minimum absolute atomic E-state index is 0.0896. The van der Waals surface area contributed by atoms with Gasteiger partial charge in [0, 0.05) is 29.4 Å². The second kappa shape index (κ2) is 10.8. The predicted molar refractivity (Wildman–Crippen MR) is 140 cm³/mol. The number of nitrogens with two attached hydrogens (primary N) is 1. The van der Waals surface area contributed by atoms with Gasteiger partial charge in [-0.1, -0.05) is 0 Å². The van der Waals surface area contributed by atoms with Gasteiger partial charge in [-0.2, -0.15) is 5.10 Å². The summed E-state index contributed by atoms with van der Waals surface area (Å²) in [6, 6.07) is 2.55. The standard InChI is InChI=1S/C25H30FN7O7/c1-14(30-8-7-15-11-31-22(29-21(15)30)19(10-28-31)33(37)38)18-9-16(26)5-6-20(18)39-12-17(13-40-23(27)34)32(24(35)36)25(2,3)4/h5-6,9-11,14,17H,7-8,12-13H2,1-4H3,(H2,27,34)(H,35,36)/t14-,17?/m1/s1. The van der Waals surface area contributed by atoms with Gasteiger partial charge < -0.3 is 25.2 Å². The predicted octanol–water partition coefficient (Wildman–Crippen LogP) is 3.52. The molecule has 0 fully saturated rings. The molecule has 4 rings (SSSR count). The molecule has 3 N–H and O–H groups in total. The Morgan fingerprint density at radius 2 is 2.05 bits per heavy atom. The Morgan fingerprint density at radius 1 is 1.32 bits per heavy atom. The molecule has 0 spiro atoms. The lowest BCUT2D eigenvalue weighted by atomic mass is 10.0. The summed E-state index contributed by atoms with van der Waals surface area (Å²) in [5, 5.41) is 25.3. The van der Waals surface area contributed by atoms with Crippen molar-refractivity contribution in [2.24, 2.45) is 5.73 Å². The SMILES string of the molecule is C[C@H](c1cc(F)ccc1OCC(COC(N)=O)N(C(=O)O)C(C)(C)C)N1CCc2cn3ncc([N+](=O)[O-])c3nc21. The summed E-state index contributed by atoms with van der Waals surface area (Å²) in [6.07, 6.45) is 1.11. The monoisotopic (exact) mass is 559 g/mol. The highest BCUT2D eigenvalue weighted by Gasteiger charge is 2.35. The van der Waals surface area contributed by atoms with Crippen LogP contribution >= 0.6 is 0 Å². The Bertz CT molecular complexity index is 1460. The van der Waals surface area contributed by atoms with Crippen molar-refractivity contribution < 1.29 is 33.5 Å². The number of aromatic nitrogens is 3. The number of primary amides is 1. The van der Waals surface area contributed by atoms with E-state index in [-0.39, 0.29) is 30.3 Å². The largest absolute Gasteiger partial charge is 0.491 e. The van der Waals surface area contributed by atoms with E-state index in [9.17, 15) is 29.2 Å². The first-order valence-electron chi connectivity index (χ1n) is 12.4. The van der Waals surface area contributed by atoms with Gasteiger partial charge in [0.05, 0.1) is 11.0 Å². The third kappa shape index (κ3) is 5.67. The fourth-order valence-electron chi connectivity index (χ4n) is 4.90. The first-order chi connectivity index (χ1) is 18.8. The molecular formula is C25H30FN7O7. The lowest BCUT2D eigenvalue weighted by Crippen LogP contribution is -2.55. The number of benzene rings is 1. The molecule has 3 heterocycles. The number of nitrogens with zero attached hydrogens (tertiary/aromatic N) is 6. The number of ether oxygens (including phenoxy) is 2. The van der Waals surface area contributed by atoms with E-state index >= 15 is 0 Å². The number of nitro groups is 1. The van der Waals surface area contributed by atoms with Crippen LogP contribution in [0.1, 0.15) is 44.9 Å². The van der Waals surface area contributed by atoms with Gasteiger partial charge >= 0.3 is 17.9 Å². The Hall–Kier alpha value is -4.69. The Kier molecular flexibility index (Phi) is 7.66. The molecular weight excluding hydrogens is 529 g/mol. The molecule has 0 aliphatic carbocycles. The van der Waals surface area contributed by atoms with Gasteiger partial charge in [0.2, 0.25) is 5.65 Å². The average Bonchev–Trinajstić information content (AvgIpc) is 3.46. The van der Waals surface area contributed by atoms with Crippen LogP contribution < -0.4 is 15.4 Å². The number of anilines is 1. The number of amides is 2. The highest BCUT2D eigenvalue weighted by Crippen LogP contribution is 2.38. The van der Waals surface area contributed by atoms with Crippen molar-refractivity contribution in [3.8, 4) is 5.75 Å². The van der Waals surface area contributed by atoms with Gasteiger partial charge in [0.15, 0.2) is 0 Å². The molecule has 1 aromatic carbocycles. The number of rotatable bonds is 9. The van der Waals surface area contributed by atoms with Crippen molar-refractivity contribution in [1.82, 2.24) is 19.5 Å². The van der Waals surface area contributed by atoms with Crippen LogP contribution in [0.2, 0.25) is 0 Å². The molecule has 1 aliphatic heterocycles. The van der Waals surface area contributed by atoms with E-state index in [2.05, 4.69) is 10.1 Å². The summed E-state index contributed by atoms with van der Waals surface area (Å²) in [5.74, 6) is 0.275. The molecule has 1 aliphatic rings. The number of hydrogen-bond donors (Lipinski definition) is 2. The molecule has 1 unspecified atom stereocenters. The van der Waals surface area contributed by atoms with Gasteiger partial charge in [0.25, 0.3) is 0 Å². The normalized spacial score (nSPS) is 14.5. The topological polar surface area (TPSA) is 179 Å². The molecule has 0 saturated heterocycles. The smallest absolute Gasteiger partial charge is 0.408 e. The highest BCUT2D eigenvalue weighted by molar-refractivity contribution is 5.67. The minimum Gasteiger partial charge on any atom is -0.491 e. The molecule has 14 nitrogen and oxygen atoms in total. The van der Waals surface area contributed by atoms with Crippen molar-refractivity contribution in [2.45, 2.75) is 51.7 Å². The van der Waals surface area contributed by atoms with E-state index in [4.69, 9.17) is 15.2 Å². The summed E-state index contributed by atoms with van der Waals surface area (Å²) >= 11 is 0. The third-order valence-electron chi connectivity index (χ3n) is 6.65. The molecule has 0 radical (unpaired) electrons. The average molecular weight is 560 g/mol. The molecule has 3 aromatic rings. The van der Waals surface area contributed by atoms with E-state index in [1.54, 1.807) is 27.0 Å². The third-order valence-corrected chi connectivity index (χ3v) is 6.65. The van der Waals surface area contributed by atoms with Crippen LogP contribution in [0.15, 0.2) is 30.6 Å². The lowest BCUT2D eigenvalue weighted by molar-refractivity contribution is -0.383. The maximum absolute atomic E-state index is 14.5. The molecule has 40 heavy (non-hydrogen) atoms. The van der Waals surface area contributed by atoms with Crippen molar-refractivity contribution in [3.05, 3.63) is 57.7 Å². The number of carbonyl (C=O) groups excluding carboxylic acids is 1. The van der Waals surface area contributed by atoms with Crippen LogP contribution in [-0.4, -0.2) is 73.1 Å². The van der Waals surface area contributed by atoms with Crippen LogP contribution in [0.4, 0.5) is 25.5 Å². The molecule has 2 aromatic heterocycles. The number of halogens is 1. The number of carbonyl (C=O) groups is 2. The first-order valence-corrected chi connectivity index (χ1v) is 12.4. The van der Waals surface area contributed by atoms with Gasteiger partial charge in [0.1, 0.15) is 42.8 Å². The van der Waals surface area contributed by atoms with Crippen molar-refractivity contribution in [3.63, 3.8) is 0 Å². The van der Waals surface area contributed by atoms with E-state index in [0.29, 0.717) is 24.3 Å². The molecule has 15 heteroatoms. The molecule has 0 bridgehead atoms. The van der Waals surface area contributed by atoms with Gasteiger partial charge in [-0.3, -0.25) is 15.0 Å². The van der Waals surface area contributed by atoms with Gasteiger partial charge in [-0.25, -0.2) is 23.5 Å². The lowest BCUT2D eigenvalue weighted by Gasteiger charge is -2.39. The maximum Gasteiger partial charge on any atom is 0.408 e. The summed E-state index contributed by atoms with van der Waals surface area (Å²) in [7, 11) is 0. The van der Waals surface area contributed by atoms with Gasteiger partial charge in [-0.05, 0) is 52.3 Å². The van der Waals surface area contributed by atoms with Crippen LogP contribution in [0.5, 0.6) is 5.75 Å². The van der Waals surface area contributed by atoms with E-state index in [0.717, 1.165) is 16.7 Å². The maximum atomic E-state index is 14.5. The van der Waals surface area contributed by atoms with Crippen LogP contribution in [0.25, 0.3) is 5.65 Å². The first kappa shape index (κ1) is 28.3. The van der Waals surface area contributed by atoms with Crippen LogP contribution in [0, 0.1) is 15.9 Å². The number of fused-ring (bicyclic) bond motifs is 2. The zero-order valence-corrected chi connectivity index (χ0v) is 22.4. The van der Waals surface area contributed by atoms with Crippen molar-refractivity contribution in [2.75, 3.05) is 24.7 Å². The Labute approximate surface area is 228 Å². The van der Waals surface area contributed by atoms with E-state index < -0.39 is 40.5 Å². The number of carboxylic acid groups (broad SMARTS) is 1. The van der Waals surface area contributed by atoms with Crippen LogP contribution in [0.3, 0.4) is 0 Å². The molecule has 2 atom stereocenters. The second-order valence-corrected chi connectivity index (χ2v) is 10.4. The Morgan fingerprint density at radius 3 is 2.67 bits per heavy atom. The zero-order chi connectivity index (χ0) is 29.4. The fraction of sp³-hybridized carbons (Fsp3) is 0.440. The van der Waals surface area contributed by atoms with E-state index in [1.807, 2.05) is 11.8 Å². The summed E-state index contributed by atoms with van der Waals surface area (Å²) in [4.78, 5) is 41.7. The van der Waals surface area contributed by atoms with E-state index in [1.165, 1.54) is 22.7 Å².